The number of pyridine rings is 1. The maximum absolute atomic E-state index is 5.33. The van der Waals surface area contributed by atoms with Gasteiger partial charge in [0.25, 0.3) is 0 Å². The summed E-state index contributed by atoms with van der Waals surface area (Å²) in [4.78, 5) is 9.80. The van der Waals surface area contributed by atoms with Gasteiger partial charge in [-0.1, -0.05) is 34.3 Å². The van der Waals surface area contributed by atoms with Gasteiger partial charge in [-0.15, -0.1) is 21.5 Å². The summed E-state index contributed by atoms with van der Waals surface area (Å²) in [5, 5.41) is 18.8. The summed E-state index contributed by atoms with van der Waals surface area (Å²) in [6.07, 6.45) is 6.12. The summed E-state index contributed by atoms with van der Waals surface area (Å²) in [7, 11) is 0. The molecule has 0 aliphatic rings. The van der Waals surface area contributed by atoms with Gasteiger partial charge in [0, 0.05) is 41.6 Å². The lowest BCUT2D eigenvalue weighted by molar-refractivity contribution is 0.378. The highest BCUT2D eigenvalue weighted by Gasteiger charge is 2.09. The van der Waals surface area contributed by atoms with Gasteiger partial charge in [0.05, 0.1) is 0 Å². The number of nitrogens with zero attached hydrogens (tertiary/aromatic N) is 5. The van der Waals surface area contributed by atoms with Crippen molar-refractivity contribution in [1.82, 2.24) is 25.3 Å². The molecule has 0 aliphatic carbocycles. The molecule has 1 N–H and O–H groups in total. The van der Waals surface area contributed by atoms with E-state index in [1.54, 1.807) is 46.8 Å². The van der Waals surface area contributed by atoms with Crippen LogP contribution in [0.2, 0.25) is 0 Å². The number of rotatable bonds is 10. The Morgan fingerprint density at radius 2 is 2.04 bits per heavy atom. The fourth-order valence-electron chi connectivity index (χ4n) is 2.44. The van der Waals surface area contributed by atoms with Crippen molar-refractivity contribution >= 4 is 39.6 Å². The molecule has 0 atom stereocenters. The highest BCUT2D eigenvalue weighted by molar-refractivity contribution is 8.01. The molecule has 10 heteroatoms. The van der Waals surface area contributed by atoms with E-state index in [0.717, 1.165) is 46.6 Å². The molecule has 0 fully saturated rings. The van der Waals surface area contributed by atoms with Crippen molar-refractivity contribution in [3.8, 4) is 11.4 Å². The van der Waals surface area contributed by atoms with Gasteiger partial charge in [-0.25, -0.2) is 0 Å². The summed E-state index contributed by atoms with van der Waals surface area (Å²) in [5.74, 6) is 2.18. The molecule has 4 aromatic heterocycles. The first-order chi connectivity index (χ1) is 13.9. The first-order valence-electron chi connectivity index (χ1n) is 8.82. The average Bonchev–Trinajstić information content (AvgIpc) is 3.49. The van der Waals surface area contributed by atoms with Gasteiger partial charge >= 0.3 is 0 Å². The van der Waals surface area contributed by atoms with E-state index < -0.39 is 0 Å². The lowest BCUT2D eigenvalue weighted by atomic mass is 10.2. The van der Waals surface area contributed by atoms with E-state index in [1.165, 1.54) is 4.88 Å². The summed E-state index contributed by atoms with van der Waals surface area (Å²) in [5.41, 5.74) is 0.910. The molecule has 0 bridgehead atoms. The number of aromatic nitrogens is 5. The maximum atomic E-state index is 5.33. The molecular weight excluding hydrogens is 412 g/mol. The van der Waals surface area contributed by atoms with E-state index in [4.69, 9.17) is 4.52 Å². The van der Waals surface area contributed by atoms with E-state index in [9.17, 15) is 0 Å². The Morgan fingerprint density at radius 1 is 1.11 bits per heavy atom. The molecule has 0 aromatic carbocycles. The Bertz CT molecular complexity index is 970. The topological polar surface area (TPSA) is 89.6 Å². The molecule has 0 saturated heterocycles. The Balaban J connectivity index is 1.17. The minimum absolute atomic E-state index is 0.604. The Morgan fingerprint density at radius 3 is 2.89 bits per heavy atom. The van der Waals surface area contributed by atoms with Crippen LogP contribution in [-0.4, -0.2) is 37.6 Å². The molecule has 0 spiro atoms. The summed E-state index contributed by atoms with van der Waals surface area (Å²) in [6.45, 7) is 0.872. The molecule has 0 radical (unpaired) electrons. The number of thiophene rings is 1. The Labute approximate surface area is 174 Å². The van der Waals surface area contributed by atoms with Gasteiger partial charge in [-0.05, 0) is 36.4 Å². The van der Waals surface area contributed by atoms with Crippen LogP contribution in [0.1, 0.15) is 17.2 Å². The predicted molar refractivity (Wildman–Crippen MR) is 113 cm³/mol. The minimum atomic E-state index is 0.604. The minimum Gasteiger partial charge on any atom is -0.360 e. The third-order valence-electron chi connectivity index (χ3n) is 3.80. The van der Waals surface area contributed by atoms with Crippen LogP contribution in [0.15, 0.2) is 50.9 Å². The number of thioether (sulfide) groups is 1. The lowest BCUT2D eigenvalue weighted by Gasteiger charge is -1.99. The van der Waals surface area contributed by atoms with Crippen LogP contribution in [0, 0.1) is 0 Å². The van der Waals surface area contributed by atoms with Crippen LogP contribution in [0.3, 0.4) is 0 Å². The van der Waals surface area contributed by atoms with Gasteiger partial charge in [-0.2, -0.15) is 4.98 Å². The second-order valence-corrected chi connectivity index (χ2v) is 9.18. The summed E-state index contributed by atoms with van der Waals surface area (Å²) in [6, 6.07) is 7.96. The third-order valence-corrected chi connectivity index (χ3v) is 6.84. The highest BCUT2D eigenvalue weighted by atomic mass is 32.2. The van der Waals surface area contributed by atoms with E-state index in [2.05, 4.69) is 48.2 Å². The molecule has 4 rings (SSSR count). The van der Waals surface area contributed by atoms with Crippen molar-refractivity contribution < 1.29 is 4.52 Å². The molecule has 0 saturated carbocycles. The molecule has 4 heterocycles. The first-order valence-corrected chi connectivity index (χ1v) is 11.5. The van der Waals surface area contributed by atoms with Crippen molar-refractivity contribution in [2.45, 2.75) is 23.6 Å². The Hall–Kier alpha value is -2.30. The van der Waals surface area contributed by atoms with Crippen LogP contribution >= 0.6 is 34.4 Å². The van der Waals surface area contributed by atoms with Gasteiger partial charge in [0.15, 0.2) is 4.34 Å². The molecule has 4 aromatic rings. The zero-order chi connectivity index (χ0) is 19.0. The number of hydrogen-bond acceptors (Lipinski definition) is 10. The maximum Gasteiger partial charge on any atom is 0.226 e. The second kappa shape index (κ2) is 9.76. The standard InChI is InChI=1S/C18H18N6OS3/c1-3-14(26-11-1)7-10-20-17-22-23-18(28-17)27-12-2-4-15-21-16(24-25-15)13-5-8-19-9-6-13/h1,3,5-6,8-9,11H,2,4,7,10,12H2,(H,20,22). The van der Waals surface area contributed by atoms with Crippen molar-refractivity contribution in [1.29, 1.82) is 0 Å². The zero-order valence-corrected chi connectivity index (χ0v) is 17.4. The Kier molecular flexibility index (Phi) is 6.64. The number of aryl methyl sites for hydroxylation is 1. The van der Waals surface area contributed by atoms with Crippen molar-refractivity contribution in [2.75, 3.05) is 17.6 Å². The average molecular weight is 431 g/mol. The first kappa shape index (κ1) is 19.0. The van der Waals surface area contributed by atoms with Crippen LogP contribution < -0.4 is 5.32 Å². The van der Waals surface area contributed by atoms with E-state index in [1.807, 2.05) is 12.1 Å². The van der Waals surface area contributed by atoms with Crippen molar-refractivity contribution in [3.05, 3.63) is 52.8 Å². The quantitative estimate of drug-likeness (QED) is 0.292. The van der Waals surface area contributed by atoms with Crippen LogP contribution in [0.5, 0.6) is 0 Å². The zero-order valence-electron chi connectivity index (χ0n) is 14.9. The van der Waals surface area contributed by atoms with E-state index >= 15 is 0 Å². The third kappa shape index (κ3) is 5.37. The summed E-state index contributed by atoms with van der Waals surface area (Å²) < 4.78 is 6.30. The second-order valence-electron chi connectivity index (χ2n) is 5.83. The van der Waals surface area contributed by atoms with Gasteiger partial charge in [0.1, 0.15) is 0 Å². The van der Waals surface area contributed by atoms with Crippen LogP contribution in [0.25, 0.3) is 11.4 Å². The van der Waals surface area contributed by atoms with Crippen molar-refractivity contribution in [2.24, 2.45) is 0 Å². The van der Waals surface area contributed by atoms with Gasteiger partial charge in [-0.3, -0.25) is 4.98 Å². The molecule has 0 amide bonds. The molecule has 7 nitrogen and oxygen atoms in total. The molecule has 144 valence electrons. The molecule has 0 aliphatic heterocycles. The number of anilines is 1. The molecule has 0 unspecified atom stereocenters. The fraction of sp³-hybridized carbons (Fsp3) is 0.278. The van der Waals surface area contributed by atoms with Gasteiger partial charge < -0.3 is 9.84 Å². The van der Waals surface area contributed by atoms with Crippen molar-refractivity contribution in [3.63, 3.8) is 0 Å². The SMILES string of the molecule is c1csc(CCNc2nnc(SCCCc3nc(-c4ccncc4)no3)s2)c1. The fourth-order valence-corrected chi connectivity index (χ4v) is 4.94. The monoisotopic (exact) mass is 430 g/mol. The van der Waals surface area contributed by atoms with E-state index in [0.29, 0.717) is 11.7 Å². The lowest BCUT2D eigenvalue weighted by Crippen LogP contribution is -2.03. The normalized spacial score (nSPS) is 11.0. The van der Waals surface area contributed by atoms with Crippen LogP contribution in [0.4, 0.5) is 5.13 Å². The largest absolute Gasteiger partial charge is 0.360 e. The highest BCUT2D eigenvalue weighted by Crippen LogP contribution is 2.26. The number of nitrogens with one attached hydrogen (secondary N) is 1. The summed E-state index contributed by atoms with van der Waals surface area (Å²) >= 11 is 5.08. The van der Waals surface area contributed by atoms with Crippen LogP contribution in [-0.2, 0) is 12.8 Å². The smallest absolute Gasteiger partial charge is 0.226 e. The predicted octanol–water partition coefficient (Wildman–Crippen LogP) is 4.42. The van der Waals surface area contributed by atoms with E-state index in [-0.39, 0.29) is 0 Å². The number of hydrogen-bond donors (Lipinski definition) is 1. The molecular formula is C18H18N6OS3. The van der Waals surface area contributed by atoms with Gasteiger partial charge in [0.2, 0.25) is 16.8 Å². The molecule has 28 heavy (non-hydrogen) atoms.